The third kappa shape index (κ3) is 6.59. The number of hydrogen-bond acceptors (Lipinski definition) is 3. The summed E-state index contributed by atoms with van der Waals surface area (Å²) in [5.41, 5.74) is 2.53. The Morgan fingerprint density at radius 2 is 1.67 bits per heavy atom. The number of nitrogens with one attached hydrogen (secondary N) is 3. The Hall–Kier alpha value is -2.86. The van der Waals surface area contributed by atoms with E-state index in [-0.39, 0.29) is 18.0 Å². The predicted molar refractivity (Wildman–Crippen MR) is 121 cm³/mol. The SMILES string of the molecule is CCN(CC)C(CNC(=O)c1ccc(NC(=O)NC2CC2)cc1)Cc1ccccc1. The summed E-state index contributed by atoms with van der Waals surface area (Å²) in [5, 5.41) is 8.76. The molecule has 0 aliphatic heterocycles. The molecule has 0 radical (unpaired) electrons. The first kappa shape index (κ1) is 21.8. The molecule has 3 amide bonds. The van der Waals surface area contributed by atoms with Gasteiger partial charge in [0.25, 0.3) is 5.91 Å². The summed E-state index contributed by atoms with van der Waals surface area (Å²) in [7, 11) is 0. The quantitative estimate of drug-likeness (QED) is 0.562. The number of carbonyl (C=O) groups is 2. The van der Waals surface area contributed by atoms with E-state index >= 15 is 0 Å². The van der Waals surface area contributed by atoms with Crippen molar-refractivity contribution in [1.82, 2.24) is 15.5 Å². The van der Waals surface area contributed by atoms with Gasteiger partial charge in [0.2, 0.25) is 0 Å². The molecule has 30 heavy (non-hydrogen) atoms. The van der Waals surface area contributed by atoms with Gasteiger partial charge in [0.15, 0.2) is 0 Å². The highest BCUT2D eigenvalue weighted by molar-refractivity contribution is 5.95. The Bertz CT molecular complexity index is 815. The second kappa shape index (κ2) is 10.8. The van der Waals surface area contributed by atoms with Crippen LogP contribution in [0.1, 0.15) is 42.6 Å². The first-order valence-electron chi connectivity index (χ1n) is 10.8. The molecule has 0 saturated heterocycles. The Labute approximate surface area is 179 Å². The van der Waals surface area contributed by atoms with Gasteiger partial charge in [-0.05, 0) is 62.2 Å². The van der Waals surface area contributed by atoms with Gasteiger partial charge in [-0.15, -0.1) is 0 Å². The van der Waals surface area contributed by atoms with Crippen LogP contribution in [0, 0.1) is 0 Å². The molecule has 2 aromatic carbocycles. The predicted octanol–water partition coefficient (Wildman–Crippen LogP) is 3.65. The highest BCUT2D eigenvalue weighted by Crippen LogP contribution is 2.19. The van der Waals surface area contributed by atoms with Crippen molar-refractivity contribution in [3.63, 3.8) is 0 Å². The number of rotatable bonds is 10. The van der Waals surface area contributed by atoms with Gasteiger partial charge in [0.1, 0.15) is 0 Å². The normalized spacial score (nSPS) is 14.2. The van der Waals surface area contributed by atoms with Crippen molar-refractivity contribution in [2.45, 2.75) is 45.2 Å². The Balaban J connectivity index is 1.55. The second-order valence-corrected chi connectivity index (χ2v) is 7.72. The van der Waals surface area contributed by atoms with E-state index in [4.69, 9.17) is 0 Å². The summed E-state index contributed by atoms with van der Waals surface area (Å²) in [5.74, 6) is -0.103. The van der Waals surface area contributed by atoms with Crippen LogP contribution in [0.15, 0.2) is 54.6 Å². The molecule has 1 saturated carbocycles. The first-order valence-corrected chi connectivity index (χ1v) is 10.8. The lowest BCUT2D eigenvalue weighted by Gasteiger charge is -2.30. The number of hydrogen-bond donors (Lipinski definition) is 3. The molecule has 0 heterocycles. The van der Waals surface area contributed by atoms with Crippen molar-refractivity contribution in [2.24, 2.45) is 0 Å². The van der Waals surface area contributed by atoms with E-state index in [1.807, 2.05) is 18.2 Å². The molecule has 6 nitrogen and oxygen atoms in total. The summed E-state index contributed by atoms with van der Waals surface area (Å²) >= 11 is 0. The molecular formula is C24H32N4O2. The maximum absolute atomic E-state index is 12.7. The molecule has 1 fully saturated rings. The fourth-order valence-electron chi connectivity index (χ4n) is 3.55. The first-order chi connectivity index (χ1) is 14.6. The van der Waals surface area contributed by atoms with Gasteiger partial charge < -0.3 is 16.0 Å². The van der Waals surface area contributed by atoms with Crippen LogP contribution in [0.3, 0.4) is 0 Å². The van der Waals surface area contributed by atoms with E-state index in [9.17, 15) is 9.59 Å². The molecule has 1 atom stereocenters. The lowest BCUT2D eigenvalue weighted by molar-refractivity contribution is 0.0934. The maximum Gasteiger partial charge on any atom is 0.319 e. The molecular weight excluding hydrogens is 376 g/mol. The average Bonchev–Trinajstić information content (AvgIpc) is 3.57. The third-order valence-corrected chi connectivity index (χ3v) is 5.46. The second-order valence-electron chi connectivity index (χ2n) is 7.72. The van der Waals surface area contributed by atoms with Gasteiger partial charge in [-0.3, -0.25) is 9.69 Å². The molecule has 3 N–H and O–H groups in total. The fourth-order valence-corrected chi connectivity index (χ4v) is 3.55. The van der Waals surface area contributed by atoms with E-state index < -0.39 is 0 Å². The molecule has 0 spiro atoms. The van der Waals surface area contributed by atoms with Gasteiger partial charge in [0.05, 0.1) is 0 Å². The van der Waals surface area contributed by atoms with E-state index in [2.05, 4.69) is 46.8 Å². The molecule has 1 aliphatic rings. The van der Waals surface area contributed by atoms with Crippen molar-refractivity contribution >= 4 is 17.6 Å². The van der Waals surface area contributed by atoms with Crippen LogP contribution in [0.2, 0.25) is 0 Å². The zero-order valence-corrected chi connectivity index (χ0v) is 17.9. The fraction of sp³-hybridized carbons (Fsp3) is 0.417. The van der Waals surface area contributed by atoms with Crippen LogP contribution in [0.4, 0.5) is 10.5 Å². The minimum atomic E-state index is -0.197. The van der Waals surface area contributed by atoms with Gasteiger partial charge in [-0.1, -0.05) is 44.2 Å². The molecule has 1 aliphatic carbocycles. The van der Waals surface area contributed by atoms with Crippen LogP contribution >= 0.6 is 0 Å². The number of carbonyl (C=O) groups excluding carboxylic acids is 2. The molecule has 6 heteroatoms. The van der Waals surface area contributed by atoms with Gasteiger partial charge in [0, 0.05) is 29.9 Å². The average molecular weight is 409 g/mol. The van der Waals surface area contributed by atoms with E-state index in [1.165, 1.54) is 5.56 Å². The highest BCUT2D eigenvalue weighted by atomic mass is 16.2. The van der Waals surface area contributed by atoms with Crippen molar-refractivity contribution in [1.29, 1.82) is 0 Å². The van der Waals surface area contributed by atoms with Crippen LogP contribution in [-0.2, 0) is 6.42 Å². The van der Waals surface area contributed by atoms with Crippen molar-refractivity contribution in [3.05, 3.63) is 65.7 Å². The molecule has 0 aromatic heterocycles. The standard InChI is InChI=1S/C24H32N4O2/c1-3-28(4-2)22(16-18-8-6-5-7-9-18)17-25-23(29)19-10-12-20(13-11-19)26-24(30)27-21-14-15-21/h5-13,21-22H,3-4,14-17H2,1-2H3,(H,25,29)(H2,26,27,30). The molecule has 160 valence electrons. The smallest absolute Gasteiger partial charge is 0.319 e. The minimum Gasteiger partial charge on any atom is -0.350 e. The number of benzene rings is 2. The van der Waals surface area contributed by atoms with E-state index in [0.29, 0.717) is 23.8 Å². The zero-order chi connectivity index (χ0) is 21.3. The summed E-state index contributed by atoms with van der Waals surface area (Å²) in [6, 6.07) is 17.7. The highest BCUT2D eigenvalue weighted by Gasteiger charge is 2.23. The molecule has 0 bridgehead atoms. The molecule has 1 unspecified atom stereocenters. The third-order valence-electron chi connectivity index (χ3n) is 5.46. The topological polar surface area (TPSA) is 73.5 Å². The van der Waals surface area contributed by atoms with Crippen LogP contribution in [-0.4, -0.2) is 48.6 Å². The number of urea groups is 1. The minimum absolute atomic E-state index is 0.103. The van der Waals surface area contributed by atoms with Gasteiger partial charge in [-0.2, -0.15) is 0 Å². The summed E-state index contributed by atoms with van der Waals surface area (Å²) in [6.45, 7) is 6.75. The maximum atomic E-state index is 12.7. The molecule has 3 rings (SSSR count). The Kier molecular flexibility index (Phi) is 7.85. The zero-order valence-electron chi connectivity index (χ0n) is 17.9. The number of nitrogens with zero attached hydrogens (tertiary/aromatic N) is 1. The van der Waals surface area contributed by atoms with Crippen molar-refractivity contribution in [2.75, 3.05) is 25.0 Å². The number of anilines is 1. The number of likely N-dealkylation sites (N-methyl/N-ethyl adjacent to an activating group) is 1. The molecule has 2 aromatic rings. The summed E-state index contributed by atoms with van der Waals surface area (Å²) in [4.78, 5) is 26.9. The van der Waals surface area contributed by atoms with Crippen molar-refractivity contribution in [3.8, 4) is 0 Å². The van der Waals surface area contributed by atoms with Crippen LogP contribution in [0.5, 0.6) is 0 Å². The van der Waals surface area contributed by atoms with E-state index in [1.54, 1.807) is 24.3 Å². The summed E-state index contributed by atoms with van der Waals surface area (Å²) in [6.07, 6.45) is 2.98. The van der Waals surface area contributed by atoms with Crippen LogP contribution < -0.4 is 16.0 Å². The lowest BCUT2D eigenvalue weighted by atomic mass is 10.0. The Morgan fingerprint density at radius 1 is 1.00 bits per heavy atom. The largest absolute Gasteiger partial charge is 0.350 e. The van der Waals surface area contributed by atoms with Crippen LogP contribution in [0.25, 0.3) is 0 Å². The van der Waals surface area contributed by atoms with Crippen molar-refractivity contribution < 1.29 is 9.59 Å². The van der Waals surface area contributed by atoms with E-state index in [0.717, 1.165) is 32.4 Å². The summed E-state index contributed by atoms with van der Waals surface area (Å²) < 4.78 is 0. The van der Waals surface area contributed by atoms with Gasteiger partial charge in [-0.25, -0.2) is 4.79 Å². The lowest BCUT2D eigenvalue weighted by Crippen LogP contribution is -2.45. The van der Waals surface area contributed by atoms with Gasteiger partial charge >= 0.3 is 6.03 Å². The Morgan fingerprint density at radius 3 is 2.27 bits per heavy atom. The number of amides is 3. The monoisotopic (exact) mass is 408 g/mol.